The summed E-state index contributed by atoms with van der Waals surface area (Å²) in [5.41, 5.74) is 6.83. The lowest BCUT2D eigenvalue weighted by Gasteiger charge is -2.29. The second-order valence-corrected chi connectivity index (χ2v) is 5.42. The number of fused-ring (bicyclic) bond motifs is 1. The van der Waals surface area contributed by atoms with E-state index in [4.69, 9.17) is 5.73 Å². The minimum atomic E-state index is -0.357. The average molecular weight is 245 g/mol. The zero-order chi connectivity index (χ0) is 13.3. The first-order valence-electron chi connectivity index (χ1n) is 6.03. The number of benzene rings is 2. The zero-order valence-electron chi connectivity index (χ0n) is 10.7. The first kappa shape index (κ1) is 12.9. The Hall–Kier alpha value is -1.58. The van der Waals surface area contributed by atoms with Gasteiger partial charge in [0, 0.05) is 18.1 Å². The summed E-state index contributed by atoms with van der Waals surface area (Å²) in [6.45, 7) is 3.93. The summed E-state index contributed by atoms with van der Waals surface area (Å²) < 4.78 is 0. The smallest absolute Gasteiger partial charge is 0.116 e. The second kappa shape index (κ2) is 4.59. The summed E-state index contributed by atoms with van der Waals surface area (Å²) in [7, 11) is 0. The molecule has 2 aromatic rings. The molecule has 0 radical (unpaired) electrons. The van der Waals surface area contributed by atoms with E-state index in [0.717, 1.165) is 16.3 Å². The fourth-order valence-corrected chi connectivity index (χ4v) is 1.99. The van der Waals surface area contributed by atoms with Crippen molar-refractivity contribution in [1.29, 1.82) is 0 Å². The molecule has 0 bridgehead atoms. The maximum Gasteiger partial charge on any atom is 0.116 e. The van der Waals surface area contributed by atoms with Gasteiger partial charge in [-0.05, 0) is 34.5 Å². The van der Waals surface area contributed by atoms with E-state index in [1.807, 2.05) is 38.1 Å². The van der Waals surface area contributed by atoms with Crippen LogP contribution in [0.4, 0.5) is 0 Å². The van der Waals surface area contributed by atoms with E-state index in [1.165, 1.54) is 0 Å². The maximum atomic E-state index is 9.42. The highest BCUT2D eigenvalue weighted by atomic mass is 16.3. The Morgan fingerprint density at radius 1 is 1.11 bits per heavy atom. The monoisotopic (exact) mass is 245 g/mol. The highest BCUT2D eigenvalue weighted by Crippen LogP contribution is 2.32. The van der Waals surface area contributed by atoms with E-state index in [9.17, 15) is 10.2 Å². The molecule has 0 amide bonds. The van der Waals surface area contributed by atoms with E-state index in [0.29, 0.717) is 0 Å². The lowest BCUT2D eigenvalue weighted by atomic mass is 9.81. The first-order valence-corrected chi connectivity index (χ1v) is 6.03. The molecular formula is C15H19NO2. The van der Waals surface area contributed by atoms with Crippen LogP contribution in [0.1, 0.15) is 25.5 Å². The highest BCUT2D eigenvalue weighted by molar-refractivity contribution is 5.84. The van der Waals surface area contributed by atoms with Gasteiger partial charge in [-0.3, -0.25) is 0 Å². The van der Waals surface area contributed by atoms with Gasteiger partial charge in [0.05, 0.1) is 0 Å². The molecule has 0 fully saturated rings. The lowest BCUT2D eigenvalue weighted by Crippen LogP contribution is -2.32. The maximum absolute atomic E-state index is 9.42. The fourth-order valence-electron chi connectivity index (χ4n) is 1.99. The van der Waals surface area contributed by atoms with Gasteiger partial charge in [0.2, 0.25) is 0 Å². The van der Waals surface area contributed by atoms with Crippen LogP contribution in [0.3, 0.4) is 0 Å². The van der Waals surface area contributed by atoms with Gasteiger partial charge in [-0.15, -0.1) is 0 Å². The summed E-state index contributed by atoms with van der Waals surface area (Å²) in [6.07, 6.45) is 0. The van der Waals surface area contributed by atoms with Crippen LogP contribution in [0.15, 0.2) is 36.4 Å². The van der Waals surface area contributed by atoms with E-state index >= 15 is 0 Å². The molecule has 0 aliphatic carbocycles. The molecule has 0 heterocycles. The van der Waals surface area contributed by atoms with Crippen LogP contribution in [0.2, 0.25) is 0 Å². The van der Waals surface area contributed by atoms with Gasteiger partial charge in [0.25, 0.3) is 0 Å². The third kappa shape index (κ3) is 2.33. The van der Waals surface area contributed by atoms with Crippen LogP contribution in [-0.4, -0.2) is 16.8 Å². The van der Waals surface area contributed by atoms with E-state index < -0.39 is 0 Å². The number of aliphatic hydroxyl groups is 1. The van der Waals surface area contributed by atoms with Crippen molar-refractivity contribution in [3.8, 4) is 5.75 Å². The minimum absolute atomic E-state index is 0.0434. The Bertz CT molecular complexity index is 563. The molecule has 0 unspecified atom stereocenters. The van der Waals surface area contributed by atoms with E-state index in [2.05, 4.69) is 0 Å². The Kier molecular flexibility index (Phi) is 3.28. The second-order valence-electron chi connectivity index (χ2n) is 5.42. The van der Waals surface area contributed by atoms with Crippen LogP contribution in [-0.2, 0) is 0 Å². The number of hydrogen-bond donors (Lipinski definition) is 3. The normalized spacial score (nSPS) is 13.8. The fraction of sp³-hybridized carbons (Fsp3) is 0.333. The lowest BCUT2D eigenvalue weighted by molar-refractivity contribution is 0.132. The van der Waals surface area contributed by atoms with E-state index in [1.54, 1.807) is 12.1 Å². The molecule has 0 aromatic heterocycles. The Balaban J connectivity index is 2.44. The average Bonchev–Trinajstić information content (AvgIpc) is 2.37. The summed E-state index contributed by atoms with van der Waals surface area (Å²) in [4.78, 5) is 0. The van der Waals surface area contributed by atoms with Crippen molar-refractivity contribution in [3.05, 3.63) is 42.0 Å². The quantitative estimate of drug-likeness (QED) is 0.778. The van der Waals surface area contributed by atoms with Crippen LogP contribution in [0, 0.1) is 5.41 Å². The summed E-state index contributed by atoms with van der Waals surface area (Å²) in [5, 5.41) is 20.8. The van der Waals surface area contributed by atoms with E-state index in [-0.39, 0.29) is 23.8 Å². The Labute approximate surface area is 107 Å². The highest BCUT2D eigenvalue weighted by Gasteiger charge is 2.26. The molecule has 0 saturated carbocycles. The predicted molar refractivity (Wildman–Crippen MR) is 73.4 cm³/mol. The predicted octanol–water partition coefficient (Wildman–Crippen LogP) is 2.56. The molecule has 3 heteroatoms. The molecule has 2 aromatic carbocycles. The van der Waals surface area contributed by atoms with Crippen LogP contribution < -0.4 is 5.73 Å². The molecule has 2 rings (SSSR count). The molecule has 0 saturated heterocycles. The number of phenols is 1. The number of phenolic OH excluding ortho intramolecular Hbond substituents is 1. The molecule has 3 nitrogen and oxygen atoms in total. The standard InChI is InChI=1S/C15H19NO2/c1-15(2,9-17)14(16)12-4-3-11-8-13(18)6-5-10(11)7-12/h3-8,14,17-18H,9,16H2,1-2H3/t14-/m0/s1. The molecule has 4 N–H and O–H groups in total. The number of hydrogen-bond acceptors (Lipinski definition) is 3. The number of nitrogens with two attached hydrogens (primary N) is 1. The summed E-state index contributed by atoms with van der Waals surface area (Å²) in [6, 6.07) is 10.9. The first-order chi connectivity index (χ1) is 8.44. The third-order valence-electron chi connectivity index (χ3n) is 3.46. The SMILES string of the molecule is CC(C)(CO)[C@@H](N)c1ccc2cc(O)ccc2c1. The van der Waals surface area contributed by atoms with Gasteiger partial charge in [0.15, 0.2) is 0 Å². The topological polar surface area (TPSA) is 66.5 Å². The molecule has 96 valence electrons. The number of rotatable bonds is 3. The van der Waals surface area contributed by atoms with Crippen molar-refractivity contribution < 1.29 is 10.2 Å². The van der Waals surface area contributed by atoms with Gasteiger partial charge in [0.1, 0.15) is 5.75 Å². The molecule has 0 aliphatic heterocycles. The van der Waals surface area contributed by atoms with Crippen LogP contribution in [0.5, 0.6) is 5.75 Å². The Morgan fingerprint density at radius 3 is 2.39 bits per heavy atom. The largest absolute Gasteiger partial charge is 0.508 e. The van der Waals surface area contributed by atoms with Crippen molar-refractivity contribution in [3.63, 3.8) is 0 Å². The van der Waals surface area contributed by atoms with Gasteiger partial charge < -0.3 is 15.9 Å². The minimum Gasteiger partial charge on any atom is -0.508 e. The Morgan fingerprint density at radius 2 is 1.72 bits per heavy atom. The van der Waals surface area contributed by atoms with Crippen molar-refractivity contribution in [2.75, 3.05) is 6.61 Å². The molecule has 18 heavy (non-hydrogen) atoms. The van der Waals surface area contributed by atoms with Gasteiger partial charge in [-0.1, -0.05) is 32.0 Å². The van der Waals surface area contributed by atoms with Gasteiger partial charge in [-0.2, -0.15) is 0 Å². The van der Waals surface area contributed by atoms with Crippen molar-refractivity contribution in [2.24, 2.45) is 11.1 Å². The van der Waals surface area contributed by atoms with Gasteiger partial charge in [-0.25, -0.2) is 0 Å². The molecule has 0 spiro atoms. The summed E-state index contributed by atoms with van der Waals surface area (Å²) >= 11 is 0. The van der Waals surface area contributed by atoms with Gasteiger partial charge >= 0.3 is 0 Å². The van der Waals surface area contributed by atoms with Crippen molar-refractivity contribution in [1.82, 2.24) is 0 Å². The third-order valence-corrected chi connectivity index (χ3v) is 3.46. The number of aliphatic hydroxyl groups excluding tert-OH is 1. The number of aromatic hydroxyl groups is 1. The van der Waals surface area contributed by atoms with Crippen LogP contribution in [0.25, 0.3) is 10.8 Å². The van der Waals surface area contributed by atoms with Crippen molar-refractivity contribution >= 4 is 10.8 Å². The molecule has 1 atom stereocenters. The summed E-state index contributed by atoms with van der Waals surface area (Å²) in [5.74, 6) is 0.259. The van der Waals surface area contributed by atoms with Crippen molar-refractivity contribution in [2.45, 2.75) is 19.9 Å². The molecular weight excluding hydrogens is 226 g/mol. The molecule has 0 aliphatic rings. The van der Waals surface area contributed by atoms with Crippen LogP contribution >= 0.6 is 0 Å². The zero-order valence-corrected chi connectivity index (χ0v) is 10.7.